The van der Waals surface area contributed by atoms with E-state index < -0.39 is 17.6 Å². The van der Waals surface area contributed by atoms with Gasteiger partial charge in [-0.1, -0.05) is 6.07 Å². The van der Waals surface area contributed by atoms with Gasteiger partial charge in [0.05, 0.1) is 0 Å². The number of amides is 1. The summed E-state index contributed by atoms with van der Waals surface area (Å²) >= 11 is 0. The summed E-state index contributed by atoms with van der Waals surface area (Å²) in [5, 5.41) is 8.55. The second-order valence-corrected chi connectivity index (χ2v) is 5.37. The molecular weight excluding hydrogens is 280 g/mol. The number of carboxylic acids is 1. The van der Waals surface area contributed by atoms with Gasteiger partial charge in [0.1, 0.15) is 11.6 Å². The molecular formula is C15H17F2NO3. The van der Waals surface area contributed by atoms with Crippen LogP contribution < -0.4 is 0 Å². The Kier molecular flexibility index (Phi) is 4.55. The molecule has 0 heterocycles. The summed E-state index contributed by atoms with van der Waals surface area (Å²) in [5.41, 5.74) is 0.369. The fourth-order valence-corrected chi connectivity index (χ4v) is 2.47. The predicted octanol–water partition coefficient (Wildman–Crippen LogP) is 2.39. The molecule has 0 radical (unpaired) electrons. The molecule has 4 nitrogen and oxygen atoms in total. The van der Waals surface area contributed by atoms with Crippen molar-refractivity contribution in [3.05, 3.63) is 35.4 Å². The molecule has 21 heavy (non-hydrogen) atoms. The van der Waals surface area contributed by atoms with Crippen LogP contribution in [0.4, 0.5) is 8.78 Å². The Hall–Kier alpha value is -1.98. The Morgan fingerprint density at radius 2 is 2.10 bits per heavy atom. The molecule has 0 unspecified atom stereocenters. The maximum Gasteiger partial charge on any atom is 0.303 e. The zero-order valence-corrected chi connectivity index (χ0v) is 11.7. The molecule has 2 atom stereocenters. The normalized spacial score (nSPS) is 20.1. The van der Waals surface area contributed by atoms with E-state index in [1.165, 1.54) is 17.0 Å². The minimum atomic E-state index is -0.895. The van der Waals surface area contributed by atoms with Crippen LogP contribution in [0.5, 0.6) is 0 Å². The van der Waals surface area contributed by atoms with Crippen LogP contribution >= 0.6 is 0 Å². The maximum absolute atomic E-state index is 13.6. The molecule has 6 heteroatoms. The highest BCUT2D eigenvalue weighted by molar-refractivity contribution is 5.82. The minimum Gasteiger partial charge on any atom is -0.481 e. The van der Waals surface area contributed by atoms with Crippen molar-refractivity contribution < 1.29 is 23.5 Å². The number of halogens is 2. The Morgan fingerprint density at radius 1 is 1.38 bits per heavy atom. The van der Waals surface area contributed by atoms with Crippen molar-refractivity contribution in [2.24, 2.45) is 5.92 Å². The smallest absolute Gasteiger partial charge is 0.303 e. The van der Waals surface area contributed by atoms with E-state index in [2.05, 4.69) is 0 Å². The summed E-state index contributed by atoms with van der Waals surface area (Å²) < 4.78 is 26.5. The molecule has 1 aromatic carbocycles. The van der Waals surface area contributed by atoms with Crippen LogP contribution in [-0.2, 0) is 9.59 Å². The lowest BCUT2D eigenvalue weighted by molar-refractivity contribution is -0.138. The van der Waals surface area contributed by atoms with Crippen molar-refractivity contribution in [2.45, 2.75) is 25.2 Å². The number of hydrogen-bond donors (Lipinski definition) is 1. The highest BCUT2D eigenvalue weighted by Crippen LogP contribution is 2.49. The van der Waals surface area contributed by atoms with Crippen LogP contribution in [0.15, 0.2) is 18.2 Å². The first-order valence-electron chi connectivity index (χ1n) is 6.82. The first-order chi connectivity index (χ1) is 9.90. The first kappa shape index (κ1) is 15.4. The summed E-state index contributed by atoms with van der Waals surface area (Å²) in [6.07, 6.45) is 0.947. The maximum atomic E-state index is 13.6. The zero-order valence-electron chi connectivity index (χ0n) is 11.7. The fourth-order valence-electron chi connectivity index (χ4n) is 2.47. The van der Waals surface area contributed by atoms with Crippen LogP contribution in [0.3, 0.4) is 0 Å². The Bertz CT molecular complexity index is 562. The highest BCUT2D eigenvalue weighted by Gasteiger charge is 2.46. The molecule has 114 valence electrons. The van der Waals surface area contributed by atoms with Crippen LogP contribution in [0.2, 0.25) is 0 Å². The van der Waals surface area contributed by atoms with Crippen LogP contribution in [0.1, 0.15) is 30.7 Å². The zero-order chi connectivity index (χ0) is 15.6. The van der Waals surface area contributed by atoms with E-state index in [9.17, 15) is 18.4 Å². The molecule has 0 bridgehead atoms. The van der Waals surface area contributed by atoms with Gasteiger partial charge in [-0.2, -0.15) is 0 Å². The van der Waals surface area contributed by atoms with Crippen LogP contribution in [-0.4, -0.2) is 35.5 Å². The summed E-state index contributed by atoms with van der Waals surface area (Å²) in [7, 11) is 1.61. The second-order valence-electron chi connectivity index (χ2n) is 5.37. The number of nitrogens with zero attached hydrogens (tertiary/aromatic N) is 1. The van der Waals surface area contributed by atoms with Gasteiger partial charge in [-0.15, -0.1) is 0 Å². The van der Waals surface area contributed by atoms with E-state index in [0.717, 1.165) is 6.07 Å². The molecule has 2 rings (SSSR count). The van der Waals surface area contributed by atoms with Gasteiger partial charge >= 0.3 is 5.97 Å². The van der Waals surface area contributed by atoms with Crippen LogP contribution in [0.25, 0.3) is 0 Å². The minimum absolute atomic E-state index is 0.0122. The average molecular weight is 297 g/mol. The number of carboxylic acid groups (broad SMARTS) is 1. The van der Waals surface area contributed by atoms with Gasteiger partial charge in [-0.25, -0.2) is 8.78 Å². The van der Waals surface area contributed by atoms with E-state index in [1.54, 1.807) is 7.05 Å². The molecule has 1 saturated carbocycles. The monoisotopic (exact) mass is 297 g/mol. The van der Waals surface area contributed by atoms with Crippen molar-refractivity contribution in [3.8, 4) is 0 Å². The lowest BCUT2D eigenvalue weighted by atomic mass is 10.1. The Balaban J connectivity index is 1.90. The molecule has 0 aromatic heterocycles. The molecule has 0 aliphatic heterocycles. The Labute approximate surface area is 121 Å². The van der Waals surface area contributed by atoms with Gasteiger partial charge in [0.2, 0.25) is 5.91 Å². The number of hydrogen-bond acceptors (Lipinski definition) is 2. The van der Waals surface area contributed by atoms with Gasteiger partial charge in [0.15, 0.2) is 0 Å². The molecule has 1 aliphatic carbocycles. The van der Waals surface area contributed by atoms with E-state index >= 15 is 0 Å². The summed E-state index contributed by atoms with van der Waals surface area (Å²) in [6, 6.07) is 3.40. The van der Waals surface area contributed by atoms with E-state index in [4.69, 9.17) is 5.11 Å². The number of carbonyl (C=O) groups excluding carboxylic acids is 1. The molecule has 1 aromatic rings. The number of rotatable bonds is 6. The number of carbonyl (C=O) groups is 2. The standard InChI is InChI=1S/C15H17F2NO3/c1-18(6-2-3-14(19)20)15(21)12-8-11(12)10-5-4-9(16)7-13(10)17/h4-5,7,11-12H,2-3,6,8H2,1H3,(H,19,20)/t11-,12+/m0/s1. The van der Waals surface area contributed by atoms with Crippen LogP contribution in [0, 0.1) is 17.6 Å². The predicted molar refractivity (Wildman–Crippen MR) is 71.7 cm³/mol. The highest BCUT2D eigenvalue weighted by atomic mass is 19.1. The van der Waals surface area contributed by atoms with Gasteiger partial charge in [0.25, 0.3) is 0 Å². The van der Waals surface area contributed by atoms with Gasteiger partial charge in [-0.3, -0.25) is 9.59 Å². The molecule has 1 amide bonds. The Morgan fingerprint density at radius 3 is 2.71 bits per heavy atom. The van der Waals surface area contributed by atoms with Gasteiger partial charge < -0.3 is 10.0 Å². The van der Waals surface area contributed by atoms with E-state index in [0.29, 0.717) is 24.9 Å². The van der Waals surface area contributed by atoms with E-state index in [1.807, 2.05) is 0 Å². The molecule has 1 N–H and O–H groups in total. The van der Waals surface area contributed by atoms with Crippen molar-refractivity contribution >= 4 is 11.9 Å². The number of benzene rings is 1. The first-order valence-corrected chi connectivity index (χ1v) is 6.82. The third kappa shape index (κ3) is 3.77. The average Bonchev–Trinajstić information content (AvgIpc) is 3.17. The summed E-state index contributed by atoms with van der Waals surface area (Å²) in [6.45, 7) is 0.361. The lowest BCUT2D eigenvalue weighted by Gasteiger charge is -2.16. The second kappa shape index (κ2) is 6.20. The van der Waals surface area contributed by atoms with Gasteiger partial charge in [-0.05, 0) is 30.4 Å². The third-order valence-electron chi connectivity index (χ3n) is 3.73. The van der Waals surface area contributed by atoms with E-state index in [-0.39, 0.29) is 24.2 Å². The summed E-state index contributed by atoms with van der Waals surface area (Å²) in [5.74, 6) is -2.77. The summed E-state index contributed by atoms with van der Waals surface area (Å²) in [4.78, 5) is 24.0. The SMILES string of the molecule is CN(CCCC(=O)O)C(=O)[C@@H]1C[C@H]1c1ccc(F)cc1F. The third-order valence-corrected chi connectivity index (χ3v) is 3.73. The van der Waals surface area contributed by atoms with Crippen molar-refractivity contribution in [2.75, 3.05) is 13.6 Å². The van der Waals surface area contributed by atoms with Crippen molar-refractivity contribution in [1.29, 1.82) is 0 Å². The molecule has 0 saturated heterocycles. The molecule has 0 spiro atoms. The topological polar surface area (TPSA) is 57.6 Å². The fraction of sp³-hybridized carbons (Fsp3) is 0.467. The quantitative estimate of drug-likeness (QED) is 0.877. The molecule has 1 fully saturated rings. The largest absolute Gasteiger partial charge is 0.481 e. The van der Waals surface area contributed by atoms with Gasteiger partial charge in [0, 0.05) is 32.0 Å². The molecule has 1 aliphatic rings. The van der Waals surface area contributed by atoms with Crippen molar-refractivity contribution in [3.63, 3.8) is 0 Å². The lowest BCUT2D eigenvalue weighted by Crippen LogP contribution is -2.29. The number of aliphatic carboxylic acids is 1. The van der Waals surface area contributed by atoms with Crippen molar-refractivity contribution in [1.82, 2.24) is 4.90 Å².